The van der Waals surface area contributed by atoms with E-state index in [1.54, 1.807) is 0 Å². The van der Waals surface area contributed by atoms with Crippen LogP contribution in [-0.2, 0) is 6.54 Å². The first-order chi connectivity index (χ1) is 6.86. The van der Waals surface area contributed by atoms with Crippen molar-refractivity contribution in [2.24, 2.45) is 0 Å². The van der Waals surface area contributed by atoms with E-state index in [2.05, 4.69) is 24.4 Å². The molecule has 86 valence electrons. The van der Waals surface area contributed by atoms with E-state index in [9.17, 15) is 0 Å². The minimum Gasteiger partial charge on any atom is -0.494 e. The van der Waals surface area contributed by atoms with Gasteiger partial charge in [0, 0.05) is 6.54 Å². The summed E-state index contributed by atoms with van der Waals surface area (Å²) < 4.78 is 5.56. The summed E-state index contributed by atoms with van der Waals surface area (Å²) >= 11 is 0. The summed E-state index contributed by atoms with van der Waals surface area (Å²) in [5, 5.41) is 3.11. The molecule has 0 unspecified atom stereocenters. The fourth-order valence-electron chi connectivity index (χ4n) is 1.24. The molecule has 0 aliphatic rings. The number of halogens is 1. The number of ether oxygens (including phenoxy) is 1. The van der Waals surface area contributed by atoms with Crippen LogP contribution in [0.3, 0.4) is 0 Å². The van der Waals surface area contributed by atoms with Gasteiger partial charge in [-0.15, -0.1) is 12.4 Å². The Morgan fingerprint density at radius 3 is 2.40 bits per heavy atom. The number of hydrogen-bond acceptors (Lipinski definition) is 2. The molecule has 3 heteroatoms. The normalized spacial score (nSPS) is 9.47. The molecule has 2 nitrogen and oxygen atoms in total. The van der Waals surface area contributed by atoms with Crippen LogP contribution in [0.25, 0.3) is 0 Å². The highest BCUT2D eigenvalue weighted by Crippen LogP contribution is 2.12. The monoisotopic (exact) mass is 229 g/mol. The van der Waals surface area contributed by atoms with Crippen LogP contribution in [0, 0.1) is 0 Å². The highest BCUT2D eigenvalue weighted by molar-refractivity contribution is 5.85. The molecule has 0 amide bonds. The van der Waals surface area contributed by atoms with Gasteiger partial charge in [0.05, 0.1) is 6.61 Å². The summed E-state index contributed by atoms with van der Waals surface area (Å²) in [4.78, 5) is 0. The van der Waals surface area contributed by atoms with E-state index in [-0.39, 0.29) is 12.4 Å². The molecule has 0 radical (unpaired) electrons. The van der Waals surface area contributed by atoms with Crippen molar-refractivity contribution >= 4 is 12.4 Å². The highest BCUT2D eigenvalue weighted by Gasteiger charge is 1.94. The van der Waals surface area contributed by atoms with E-state index in [4.69, 9.17) is 4.74 Å². The Morgan fingerprint density at radius 1 is 1.20 bits per heavy atom. The molecule has 0 heterocycles. The predicted molar refractivity (Wildman–Crippen MR) is 66.9 cm³/mol. The zero-order chi connectivity index (χ0) is 10.2. The van der Waals surface area contributed by atoms with Gasteiger partial charge in [0.15, 0.2) is 0 Å². The minimum absolute atomic E-state index is 0. The molecule has 0 saturated carbocycles. The summed E-state index contributed by atoms with van der Waals surface area (Å²) in [5.41, 5.74) is 1.29. The van der Waals surface area contributed by atoms with Crippen LogP contribution >= 0.6 is 12.4 Å². The molecule has 0 aliphatic carbocycles. The number of nitrogens with one attached hydrogen (secondary N) is 1. The summed E-state index contributed by atoms with van der Waals surface area (Å²) in [6.07, 6.45) is 2.30. The Morgan fingerprint density at radius 2 is 1.87 bits per heavy atom. The van der Waals surface area contributed by atoms with Gasteiger partial charge in [-0.3, -0.25) is 0 Å². The lowest BCUT2D eigenvalue weighted by atomic mass is 10.2. The van der Waals surface area contributed by atoms with E-state index in [1.807, 2.05) is 19.2 Å². The average molecular weight is 230 g/mol. The van der Waals surface area contributed by atoms with Crippen LogP contribution in [0.1, 0.15) is 25.3 Å². The van der Waals surface area contributed by atoms with Crippen LogP contribution in [-0.4, -0.2) is 13.7 Å². The number of unbranched alkanes of at least 4 members (excludes halogenated alkanes) is 1. The average Bonchev–Trinajstić information content (AvgIpc) is 2.21. The van der Waals surface area contributed by atoms with Gasteiger partial charge in [0.1, 0.15) is 5.75 Å². The molecule has 0 aromatic heterocycles. The molecule has 0 fully saturated rings. The molecule has 0 bridgehead atoms. The maximum Gasteiger partial charge on any atom is 0.119 e. The van der Waals surface area contributed by atoms with Crippen LogP contribution in [0.4, 0.5) is 0 Å². The first-order valence-corrected chi connectivity index (χ1v) is 5.23. The molecule has 1 rings (SSSR count). The molecule has 1 N–H and O–H groups in total. The number of hydrogen-bond donors (Lipinski definition) is 1. The maximum atomic E-state index is 5.56. The van der Waals surface area contributed by atoms with Crippen LogP contribution < -0.4 is 10.1 Å². The molecule has 0 spiro atoms. The second-order valence-electron chi connectivity index (χ2n) is 3.38. The first-order valence-electron chi connectivity index (χ1n) is 5.23. The third-order valence-electron chi connectivity index (χ3n) is 2.07. The van der Waals surface area contributed by atoms with Crippen molar-refractivity contribution in [1.29, 1.82) is 0 Å². The van der Waals surface area contributed by atoms with Gasteiger partial charge in [0.2, 0.25) is 0 Å². The standard InChI is InChI=1S/C12H19NO.ClH/c1-3-4-9-14-12-7-5-11(6-8-12)10-13-2;/h5-8,13H,3-4,9-10H2,1-2H3;1H. The smallest absolute Gasteiger partial charge is 0.119 e. The molecular weight excluding hydrogens is 210 g/mol. The highest BCUT2D eigenvalue weighted by atomic mass is 35.5. The van der Waals surface area contributed by atoms with Crippen molar-refractivity contribution in [1.82, 2.24) is 5.32 Å². The zero-order valence-electron chi connectivity index (χ0n) is 9.45. The lowest BCUT2D eigenvalue weighted by Crippen LogP contribution is -2.04. The van der Waals surface area contributed by atoms with Gasteiger partial charge in [-0.05, 0) is 31.2 Å². The maximum absolute atomic E-state index is 5.56. The Labute approximate surface area is 98.4 Å². The number of benzene rings is 1. The van der Waals surface area contributed by atoms with Gasteiger partial charge in [-0.2, -0.15) is 0 Å². The lowest BCUT2D eigenvalue weighted by Gasteiger charge is -2.06. The van der Waals surface area contributed by atoms with Gasteiger partial charge in [-0.25, -0.2) is 0 Å². The lowest BCUT2D eigenvalue weighted by molar-refractivity contribution is 0.309. The van der Waals surface area contributed by atoms with Gasteiger partial charge < -0.3 is 10.1 Å². The first kappa shape index (κ1) is 14.3. The second kappa shape index (κ2) is 8.57. The molecule has 15 heavy (non-hydrogen) atoms. The Hall–Kier alpha value is -0.730. The third kappa shape index (κ3) is 5.65. The zero-order valence-corrected chi connectivity index (χ0v) is 10.3. The van der Waals surface area contributed by atoms with Crippen LogP contribution in [0.5, 0.6) is 5.75 Å². The predicted octanol–water partition coefficient (Wildman–Crippen LogP) is 3.01. The molecule has 1 aromatic rings. The largest absolute Gasteiger partial charge is 0.494 e. The van der Waals surface area contributed by atoms with Gasteiger partial charge in [0.25, 0.3) is 0 Å². The molecule has 1 aromatic carbocycles. The molecule has 0 saturated heterocycles. The molecule has 0 atom stereocenters. The Bertz CT molecular complexity index is 248. The van der Waals surface area contributed by atoms with E-state index < -0.39 is 0 Å². The summed E-state index contributed by atoms with van der Waals surface area (Å²) in [6.45, 7) is 3.90. The van der Waals surface area contributed by atoms with Crippen molar-refractivity contribution in [3.63, 3.8) is 0 Å². The molecule has 0 aliphatic heterocycles. The van der Waals surface area contributed by atoms with Crippen LogP contribution in [0.15, 0.2) is 24.3 Å². The van der Waals surface area contributed by atoms with Crippen molar-refractivity contribution in [3.05, 3.63) is 29.8 Å². The quantitative estimate of drug-likeness (QED) is 0.758. The van der Waals surface area contributed by atoms with Gasteiger partial charge >= 0.3 is 0 Å². The van der Waals surface area contributed by atoms with E-state index in [0.29, 0.717) is 0 Å². The van der Waals surface area contributed by atoms with Gasteiger partial charge in [-0.1, -0.05) is 25.5 Å². The van der Waals surface area contributed by atoms with Crippen molar-refractivity contribution in [2.75, 3.05) is 13.7 Å². The van der Waals surface area contributed by atoms with E-state index >= 15 is 0 Å². The van der Waals surface area contributed by atoms with Crippen molar-refractivity contribution in [3.8, 4) is 5.75 Å². The summed E-state index contributed by atoms with van der Waals surface area (Å²) in [5.74, 6) is 0.971. The Balaban J connectivity index is 0.00000196. The minimum atomic E-state index is 0. The summed E-state index contributed by atoms with van der Waals surface area (Å²) in [6, 6.07) is 8.25. The third-order valence-corrected chi connectivity index (χ3v) is 2.07. The second-order valence-corrected chi connectivity index (χ2v) is 3.38. The van der Waals surface area contributed by atoms with E-state index in [1.165, 1.54) is 12.0 Å². The van der Waals surface area contributed by atoms with E-state index in [0.717, 1.165) is 25.3 Å². The fraction of sp³-hybridized carbons (Fsp3) is 0.500. The SMILES string of the molecule is CCCCOc1ccc(CNC)cc1.Cl. The Kier molecular flexibility index (Phi) is 8.15. The van der Waals surface area contributed by atoms with Crippen molar-refractivity contribution < 1.29 is 4.74 Å². The summed E-state index contributed by atoms with van der Waals surface area (Å²) in [7, 11) is 1.95. The molecular formula is C12H20ClNO. The fourth-order valence-corrected chi connectivity index (χ4v) is 1.24. The number of rotatable bonds is 6. The topological polar surface area (TPSA) is 21.3 Å². The van der Waals surface area contributed by atoms with Crippen molar-refractivity contribution in [2.45, 2.75) is 26.3 Å². The van der Waals surface area contributed by atoms with Crippen LogP contribution in [0.2, 0.25) is 0 Å².